The van der Waals surface area contributed by atoms with E-state index in [1.807, 2.05) is 54.3 Å². The molecule has 172 valence electrons. The van der Waals surface area contributed by atoms with Gasteiger partial charge in [0.05, 0.1) is 18.5 Å². The first-order valence-electron chi connectivity index (χ1n) is 11.7. The third-order valence-electron chi connectivity index (χ3n) is 6.58. The number of nitrogens with one attached hydrogen (secondary N) is 1. The van der Waals surface area contributed by atoms with Gasteiger partial charge in [-0.3, -0.25) is 19.5 Å². The van der Waals surface area contributed by atoms with E-state index < -0.39 is 0 Å². The Morgan fingerprint density at radius 2 is 1.67 bits per heavy atom. The molecule has 0 atom stereocenters. The molecule has 0 saturated carbocycles. The molecular weight excluding hydrogens is 412 g/mol. The van der Waals surface area contributed by atoms with Crippen molar-refractivity contribution < 1.29 is 9.59 Å². The number of hydrogen-bond acceptors (Lipinski definition) is 4. The smallest absolute Gasteiger partial charge is 0.238 e. The molecule has 2 heterocycles. The highest BCUT2D eigenvalue weighted by Crippen LogP contribution is 2.23. The molecule has 2 amide bonds. The van der Waals surface area contributed by atoms with Gasteiger partial charge in [-0.15, -0.1) is 0 Å². The number of pyridine rings is 1. The van der Waals surface area contributed by atoms with E-state index in [1.54, 1.807) is 0 Å². The Balaban J connectivity index is 1.32. The minimum atomic E-state index is -0.0100. The molecule has 1 saturated heterocycles. The average Bonchev–Trinajstić information content (AvgIpc) is 2.82. The van der Waals surface area contributed by atoms with E-state index in [-0.39, 0.29) is 11.8 Å². The van der Waals surface area contributed by atoms with Crippen molar-refractivity contribution in [2.24, 2.45) is 0 Å². The summed E-state index contributed by atoms with van der Waals surface area (Å²) >= 11 is 0. The van der Waals surface area contributed by atoms with Crippen LogP contribution in [-0.4, -0.2) is 59.3 Å². The van der Waals surface area contributed by atoms with Gasteiger partial charge in [0.1, 0.15) is 0 Å². The van der Waals surface area contributed by atoms with Crippen molar-refractivity contribution in [2.45, 2.75) is 33.6 Å². The van der Waals surface area contributed by atoms with Crippen LogP contribution in [0.5, 0.6) is 0 Å². The normalized spacial score (nSPS) is 14.5. The van der Waals surface area contributed by atoms with Gasteiger partial charge >= 0.3 is 0 Å². The highest BCUT2D eigenvalue weighted by Gasteiger charge is 2.24. The molecule has 0 spiro atoms. The summed E-state index contributed by atoms with van der Waals surface area (Å²) in [6.07, 6.45) is 1.24. The maximum absolute atomic E-state index is 13.0. The number of anilines is 1. The predicted octanol–water partition coefficient (Wildman–Crippen LogP) is 3.74. The van der Waals surface area contributed by atoms with Gasteiger partial charge in [-0.2, -0.15) is 0 Å². The Morgan fingerprint density at radius 3 is 2.42 bits per heavy atom. The van der Waals surface area contributed by atoms with Crippen LogP contribution in [0.3, 0.4) is 0 Å². The lowest BCUT2D eigenvalue weighted by atomic mass is 9.99. The van der Waals surface area contributed by atoms with Gasteiger partial charge in [0.2, 0.25) is 11.8 Å². The summed E-state index contributed by atoms with van der Waals surface area (Å²) in [6, 6.07) is 16.0. The Kier molecular flexibility index (Phi) is 7.04. The van der Waals surface area contributed by atoms with E-state index in [2.05, 4.69) is 30.1 Å². The largest absolute Gasteiger partial charge is 0.340 e. The van der Waals surface area contributed by atoms with Crippen LogP contribution in [0.15, 0.2) is 48.5 Å². The van der Waals surface area contributed by atoms with E-state index in [0.29, 0.717) is 39.1 Å². The summed E-state index contributed by atoms with van der Waals surface area (Å²) in [7, 11) is 0. The Bertz CT molecular complexity index is 1170. The van der Waals surface area contributed by atoms with Crippen molar-refractivity contribution in [3.8, 4) is 0 Å². The number of amides is 2. The molecule has 4 rings (SSSR count). The molecule has 1 aromatic heterocycles. The van der Waals surface area contributed by atoms with Gasteiger partial charge in [-0.25, -0.2) is 0 Å². The van der Waals surface area contributed by atoms with Crippen LogP contribution in [0.25, 0.3) is 10.9 Å². The molecule has 1 aliphatic rings. The number of para-hydroxylation sites is 2. The second-order valence-corrected chi connectivity index (χ2v) is 8.71. The summed E-state index contributed by atoms with van der Waals surface area (Å²) in [6.45, 7) is 9.14. The fraction of sp³-hybridized carbons (Fsp3) is 0.370. The number of carbonyl (C=O) groups excluding carboxylic acids is 2. The minimum Gasteiger partial charge on any atom is -0.340 e. The van der Waals surface area contributed by atoms with Gasteiger partial charge in [0.15, 0.2) is 0 Å². The Labute approximate surface area is 195 Å². The van der Waals surface area contributed by atoms with Crippen molar-refractivity contribution in [1.82, 2.24) is 14.8 Å². The van der Waals surface area contributed by atoms with E-state index in [1.165, 1.54) is 0 Å². The Hall–Kier alpha value is -3.25. The maximum atomic E-state index is 13.0. The molecule has 1 aliphatic heterocycles. The van der Waals surface area contributed by atoms with Crippen molar-refractivity contribution >= 4 is 28.4 Å². The number of fused-ring (bicyclic) bond motifs is 1. The molecular formula is C27H32N4O2. The molecule has 0 radical (unpaired) electrons. The standard InChI is InChI=1S/C27H32N4O2/c1-4-21-9-5-7-11-24(21)29-26(32)18-30-13-15-31(16-14-30)27(33)17-23-19(2)22-10-6-8-12-25(22)28-20(23)3/h5-12H,4,13-18H2,1-3H3,(H,29,32). The molecule has 0 unspecified atom stereocenters. The van der Waals surface area contributed by atoms with E-state index in [4.69, 9.17) is 4.98 Å². The number of piperazine rings is 1. The lowest BCUT2D eigenvalue weighted by Crippen LogP contribution is -2.50. The summed E-state index contributed by atoms with van der Waals surface area (Å²) in [4.78, 5) is 34.3. The zero-order valence-corrected chi connectivity index (χ0v) is 19.7. The maximum Gasteiger partial charge on any atom is 0.238 e. The zero-order valence-electron chi connectivity index (χ0n) is 19.7. The van der Waals surface area contributed by atoms with Crippen molar-refractivity contribution in [1.29, 1.82) is 0 Å². The monoisotopic (exact) mass is 444 g/mol. The summed E-state index contributed by atoms with van der Waals surface area (Å²) in [5.74, 6) is 0.114. The number of benzene rings is 2. The summed E-state index contributed by atoms with van der Waals surface area (Å²) in [5, 5.41) is 4.14. The van der Waals surface area contributed by atoms with Crippen LogP contribution >= 0.6 is 0 Å². The van der Waals surface area contributed by atoms with E-state index in [9.17, 15) is 9.59 Å². The fourth-order valence-corrected chi connectivity index (χ4v) is 4.59. The van der Waals surface area contributed by atoms with Crippen LogP contribution in [-0.2, 0) is 22.4 Å². The number of rotatable bonds is 6. The zero-order chi connectivity index (χ0) is 23.4. The lowest BCUT2D eigenvalue weighted by molar-refractivity contribution is -0.132. The van der Waals surface area contributed by atoms with Crippen molar-refractivity contribution in [3.05, 3.63) is 70.9 Å². The first kappa shape index (κ1) is 22.9. The van der Waals surface area contributed by atoms with Crippen LogP contribution in [0.2, 0.25) is 0 Å². The number of hydrogen-bond donors (Lipinski definition) is 1. The third-order valence-corrected chi connectivity index (χ3v) is 6.58. The molecule has 0 bridgehead atoms. The number of carbonyl (C=O) groups is 2. The third kappa shape index (κ3) is 5.22. The number of aryl methyl sites for hydroxylation is 3. The summed E-state index contributed by atoms with van der Waals surface area (Å²) < 4.78 is 0. The number of aromatic nitrogens is 1. The topological polar surface area (TPSA) is 65.5 Å². The van der Waals surface area contributed by atoms with Crippen LogP contribution < -0.4 is 5.32 Å². The van der Waals surface area contributed by atoms with Gasteiger partial charge in [0.25, 0.3) is 0 Å². The highest BCUT2D eigenvalue weighted by molar-refractivity contribution is 5.93. The van der Waals surface area contributed by atoms with E-state index in [0.717, 1.165) is 45.4 Å². The highest BCUT2D eigenvalue weighted by atomic mass is 16.2. The first-order valence-corrected chi connectivity index (χ1v) is 11.7. The second kappa shape index (κ2) is 10.1. The molecule has 33 heavy (non-hydrogen) atoms. The second-order valence-electron chi connectivity index (χ2n) is 8.71. The predicted molar refractivity (Wildman–Crippen MR) is 132 cm³/mol. The van der Waals surface area contributed by atoms with Gasteiger partial charge in [-0.1, -0.05) is 43.3 Å². The van der Waals surface area contributed by atoms with Crippen LogP contribution in [0.1, 0.15) is 29.3 Å². The van der Waals surface area contributed by atoms with Gasteiger partial charge in [0, 0.05) is 42.9 Å². The fourth-order valence-electron chi connectivity index (χ4n) is 4.59. The van der Waals surface area contributed by atoms with Gasteiger partial charge < -0.3 is 10.2 Å². The minimum absolute atomic E-state index is 0.0100. The Morgan fingerprint density at radius 1 is 0.970 bits per heavy atom. The molecule has 6 heteroatoms. The molecule has 1 fully saturated rings. The quantitative estimate of drug-likeness (QED) is 0.629. The summed E-state index contributed by atoms with van der Waals surface area (Å²) in [5.41, 5.74) is 6.06. The molecule has 3 aromatic rings. The SMILES string of the molecule is CCc1ccccc1NC(=O)CN1CCN(C(=O)Cc2c(C)nc3ccccc3c2C)CC1. The van der Waals surface area contributed by atoms with Gasteiger partial charge in [-0.05, 0) is 49.1 Å². The lowest BCUT2D eigenvalue weighted by Gasteiger charge is -2.34. The number of nitrogens with zero attached hydrogens (tertiary/aromatic N) is 3. The molecule has 0 aliphatic carbocycles. The molecule has 1 N–H and O–H groups in total. The van der Waals surface area contributed by atoms with Crippen LogP contribution in [0.4, 0.5) is 5.69 Å². The molecule has 6 nitrogen and oxygen atoms in total. The first-order chi connectivity index (χ1) is 16.0. The average molecular weight is 445 g/mol. The van der Waals surface area contributed by atoms with Crippen molar-refractivity contribution in [3.63, 3.8) is 0 Å². The molecule has 2 aromatic carbocycles. The van der Waals surface area contributed by atoms with Crippen molar-refractivity contribution in [2.75, 3.05) is 38.0 Å². The van der Waals surface area contributed by atoms with Crippen LogP contribution in [0, 0.1) is 13.8 Å². The van der Waals surface area contributed by atoms with E-state index >= 15 is 0 Å².